The van der Waals surface area contributed by atoms with Crippen LogP contribution in [-0.4, -0.2) is 25.2 Å². The Morgan fingerprint density at radius 3 is 3.00 bits per heavy atom. The zero-order chi connectivity index (χ0) is 12.8. The minimum atomic E-state index is -3.04. The van der Waals surface area contributed by atoms with Crippen LogP contribution in [0.2, 0.25) is 0 Å². The van der Waals surface area contributed by atoms with Gasteiger partial charge in [0.2, 0.25) is 0 Å². The van der Waals surface area contributed by atoms with E-state index in [4.69, 9.17) is 5.73 Å². The predicted molar refractivity (Wildman–Crippen MR) is 74.4 cm³/mol. The number of aromatic nitrogens is 1. The Labute approximate surface area is 108 Å². The number of anilines is 2. The van der Waals surface area contributed by atoms with Gasteiger partial charge in [0.25, 0.3) is 0 Å². The molecule has 0 aliphatic carbocycles. The fourth-order valence-electron chi connectivity index (χ4n) is 1.83. The van der Waals surface area contributed by atoms with Crippen molar-refractivity contribution in [3.63, 3.8) is 0 Å². The van der Waals surface area contributed by atoms with E-state index < -0.39 is 9.84 Å². The predicted octanol–water partition coefficient (Wildman–Crippen LogP) is 1.60. The van der Waals surface area contributed by atoms with Crippen molar-refractivity contribution < 1.29 is 8.42 Å². The molecule has 7 heteroatoms. The maximum Gasteiger partial charge on any atom is 0.184 e. The van der Waals surface area contributed by atoms with E-state index in [1.165, 1.54) is 16.7 Å². The van der Waals surface area contributed by atoms with E-state index in [-0.39, 0.29) is 11.8 Å². The fourth-order valence-corrected chi connectivity index (χ4v) is 4.04. The normalized spacial score (nSPS) is 21.4. The number of fused-ring (bicyclic) bond motifs is 1. The summed E-state index contributed by atoms with van der Waals surface area (Å²) in [5.41, 5.74) is 7.26. The highest BCUT2D eigenvalue weighted by Gasteiger charge is 2.22. The monoisotopic (exact) mass is 281 g/mol. The van der Waals surface area contributed by atoms with Gasteiger partial charge in [-0.25, -0.2) is 13.4 Å². The molecule has 18 heavy (non-hydrogen) atoms. The van der Waals surface area contributed by atoms with E-state index in [0.717, 1.165) is 10.2 Å². The Morgan fingerprint density at radius 2 is 2.28 bits per heavy atom. The van der Waals surface area contributed by atoms with Crippen molar-refractivity contribution in [2.24, 2.45) is 0 Å². The number of rotatable bonds is 2. The molecule has 1 aliphatic rings. The molecule has 0 radical (unpaired) electrons. The molecular formula is C11H11N3O2S2. The Balaban J connectivity index is 1.86. The number of sulfone groups is 1. The summed E-state index contributed by atoms with van der Waals surface area (Å²) in [6.07, 6.45) is 1.65. The van der Waals surface area contributed by atoms with E-state index in [1.807, 2.05) is 12.1 Å². The van der Waals surface area contributed by atoms with Gasteiger partial charge < -0.3 is 11.1 Å². The van der Waals surface area contributed by atoms with Gasteiger partial charge in [0.05, 0.1) is 22.0 Å². The van der Waals surface area contributed by atoms with Gasteiger partial charge in [-0.15, -0.1) is 0 Å². The Morgan fingerprint density at radius 1 is 1.44 bits per heavy atom. The van der Waals surface area contributed by atoms with E-state index in [0.29, 0.717) is 10.8 Å². The first-order valence-electron chi connectivity index (χ1n) is 5.35. The van der Waals surface area contributed by atoms with Gasteiger partial charge in [0.1, 0.15) is 0 Å². The lowest BCUT2D eigenvalue weighted by atomic mass is 10.3. The van der Waals surface area contributed by atoms with Gasteiger partial charge in [-0.05, 0) is 24.3 Å². The summed E-state index contributed by atoms with van der Waals surface area (Å²) in [4.78, 5) is 4.39. The number of nitrogens with one attached hydrogen (secondary N) is 1. The highest BCUT2D eigenvalue weighted by molar-refractivity contribution is 7.94. The van der Waals surface area contributed by atoms with Gasteiger partial charge in [0.15, 0.2) is 15.0 Å². The van der Waals surface area contributed by atoms with Crippen LogP contribution in [-0.2, 0) is 9.84 Å². The van der Waals surface area contributed by atoms with Gasteiger partial charge in [-0.3, -0.25) is 0 Å². The summed E-state index contributed by atoms with van der Waals surface area (Å²) in [6.45, 7) is 0. The molecule has 94 valence electrons. The Hall–Kier alpha value is -1.60. The van der Waals surface area contributed by atoms with Crippen molar-refractivity contribution in [3.05, 3.63) is 29.7 Å². The van der Waals surface area contributed by atoms with Gasteiger partial charge >= 0.3 is 0 Å². The van der Waals surface area contributed by atoms with Crippen LogP contribution in [0.25, 0.3) is 10.2 Å². The number of nitrogens with two attached hydrogens (primary N) is 1. The largest absolute Gasteiger partial charge is 0.399 e. The van der Waals surface area contributed by atoms with Crippen LogP contribution >= 0.6 is 11.3 Å². The minimum Gasteiger partial charge on any atom is -0.399 e. The maximum atomic E-state index is 11.3. The van der Waals surface area contributed by atoms with E-state index in [1.54, 1.807) is 12.1 Å². The molecule has 2 aromatic rings. The zero-order valence-corrected chi connectivity index (χ0v) is 11.0. The SMILES string of the molecule is Nc1ccc2nc(NC3C=CS(=O)(=O)C3)sc2c1. The van der Waals surface area contributed by atoms with Gasteiger partial charge in [-0.1, -0.05) is 11.3 Å². The topological polar surface area (TPSA) is 85.1 Å². The first-order chi connectivity index (χ1) is 8.52. The number of hydrogen-bond donors (Lipinski definition) is 2. The molecule has 1 atom stereocenters. The van der Waals surface area contributed by atoms with Crippen molar-refractivity contribution >= 4 is 42.2 Å². The molecule has 3 N–H and O–H groups in total. The molecule has 1 aromatic heterocycles. The fraction of sp³-hybridized carbons (Fsp3) is 0.182. The van der Waals surface area contributed by atoms with Crippen LogP contribution in [0.15, 0.2) is 29.7 Å². The molecule has 0 saturated carbocycles. The second kappa shape index (κ2) is 3.96. The summed E-state index contributed by atoms with van der Waals surface area (Å²) in [5.74, 6) is 0.0884. The van der Waals surface area contributed by atoms with Crippen molar-refractivity contribution in [3.8, 4) is 0 Å². The second-order valence-electron chi connectivity index (χ2n) is 4.16. The average Bonchev–Trinajstić information content (AvgIpc) is 2.81. The van der Waals surface area contributed by atoms with E-state index in [9.17, 15) is 8.42 Å². The highest BCUT2D eigenvalue weighted by atomic mass is 32.2. The number of nitrogen functional groups attached to an aromatic ring is 1. The first-order valence-corrected chi connectivity index (χ1v) is 7.89. The molecule has 2 heterocycles. The Kier molecular flexibility index (Phi) is 2.53. The number of thiazole rings is 1. The third-order valence-corrected chi connectivity index (χ3v) is 5.00. The van der Waals surface area contributed by atoms with Crippen LogP contribution in [0.3, 0.4) is 0 Å². The molecule has 1 aliphatic heterocycles. The molecular weight excluding hydrogens is 270 g/mol. The number of benzene rings is 1. The van der Waals surface area contributed by atoms with Crippen LogP contribution < -0.4 is 11.1 Å². The molecule has 0 fully saturated rings. The second-order valence-corrected chi connectivity index (χ2v) is 7.12. The maximum absolute atomic E-state index is 11.3. The number of nitrogens with zero attached hydrogens (tertiary/aromatic N) is 1. The molecule has 3 rings (SSSR count). The summed E-state index contributed by atoms with van der Waals surface area (Å²) >= 11 is 1.47. The van der Waals surface area contributed by atoms with Gasteiger partial charge in [-0.2, -0.15) is 0 Å². The van der Waals surface area contributed by atoms with Crippen molar-refractivity contribution in [2.75, 3.05) is 16.8 Å². The summed E-state index contributed by atoms with van der Waals surface area (Å²) in [7, 11) is -3.04. The molecule has 0 spiro atoms. The van der Waals surface area contributed by atoms with Crippen molar-refractivity contribution in [2.45, 2.75) is 6.04 Å². The Bertz CT molecular complexity index is 734. The lowest BCUT2D eigenvalue weighted by molar-refractivity contribution is 0.605. The minimum absolute atomic E-state index is 0.0884. The first kappa shape index (κ1) is 11.5. The average molecular weight is 281 g/mol. The summed E-state index contributed by atoms with van der Waals surface area (Å²) in [5, 5.41) is 5.06. The number of hydrogen-bond acceptors (Lipinski definition) is 6. The summed E-state index contributed by atoms with van der Waals surface area (Å²) in [6, 6.07) is 5.31. The van der Waals surface area contributed by atoms with Crippen molar-refractivity contribution in [1.82, 2.24) is 4.98 Å². The van der Waals surface area contributed by atoms with E-state index in [2.05, 4.69) is 10.3 Å². The molecule has 0 bridgehead atoms. The summed E-state index contributed by atoms with van der Waals surface area (Å²) < 4.78 is 23.6. The molecule has 0 amide bonds. The van der Waals surface area contributed by atoms with Crippen LogP contribution in [0.5, 0.6) is 0 Å². The van der Waals surface area contributed by atoms with Crippen LogP contribution in [0.4, 0.5) is 10.8 Å². The van der Waals surface area contributed by atoms with E-state index >= 15 is 0 Å². The van der Waals surface area contributed by atoms with Gasteiger partial charge in [0, 0.05) is 11.1 Å². The third-order valence-electron chi connectivity index (χ3n) is 2.65. The van der Waals surface area contributed by atoms with Crippen LogP contribution in [0.1, 0.15) is 0 Å². The molecule has 1 aromatic carbocycles. The zero-order valence-electron chi connectivity index (χ0n) is 9.33. The third kappa shape index (κ3) is 2.19. The lowest BCUT2D eigenvalue weighted by Crippen LogP contribution is -2.20. The highest BCUT2D eigenvalue weighted by Crippen LogP contribution is 2.28. The van der Waals surface area contributed by atoms with Crippen molar-refractivity contribution in [1.29, 1.82) is 0 Å². The molecule has 5 nitrogen and oxygen atoms in total. The standard InChI is InChI=1S/C11H11N3O2S2/c12-7-1-2-9-10(5-7)17-11(14-9)13-8-3-4-18(15,16)6-8/h1-5,8H,6,12H2,(H,13,14). The lowest BCUT2D eigenvalue weighted by Gasteiger charge is -2.06. The molecule has 0 saturated heterocycles. The van der Waals surface area contributed by atoms with Crippen LogP contribution in [0, 0.1) is 0 Å². The quantitative estimate of drug-likeness (QED) is 0.817. The smallest absolute Gasteiger partial charge is 0.184 e. The molecule has 1 unspecified atom stereocenters.